The van der Waals surface area contributed by atoms with Crippen molar-refractivity contribution in [2.75, 3.05) is 19.8 Å². The van der Waals surface area contributed by atoms with E-state index in [-0.39, 0.29) is 11.2 Å². The Kier molecular flexibility index (Phi) is 5.74. The normalized spacial score (nSPS) is 15.9. The van der Waals surface area contributed by atoms with Crippen LogP contribution >= 0.6 is 0 Å². The third-order valence-electron chi connectivity index (χ3n) is 5.22. The van der Waals surface area contributed by atoms with Gasteiger partial charge in [-0.2, -0.15) is 0 Å². The number of aryl methyl sites for hydroxylation is 1. The predicted molar refractivity (Wildman–Crippen MR) is 110 cm³/mol. The van der Waals surface area contributed by atoms with Crippen molar-refractivity contribution in [1.82, 2.24) is 10.6 Å². The standard InChI is InChI=1S/C21H26FN3O2S/c1-15-12-16(8-9-19(15)28(3,26)27)13-24-20(23-2)25-14-21(10-11-21)17-6-4-5-7-18(17)22/h4-9,12H,10-11,13-14H2,1-3H3,(H2,23,24,25). The monoisotopic (exact) mass is 403 g/mol. The van der Waals surface area contributed by atoms with Crippen molar-refractivity contribution in [3.63, 3.8) is 0 Å². The van der Waals surface area contributed by atoms with Crippen LogP contribution in [0.25, 0.3) is 0 Å². The highest BCUT2D eigenvalue weighted by molar-refractivity contribution is 7.90. The molecule has 1 aliphatic rings. The Bertz CT molecular complexity index is 998. The second-order valence-corrected chi connectivity index (χ2v) is 9.40. The fourth-order valence-electron chi connectivity index (χ4n) is 3.48. The lowest BCUT2D eigenvalue weighted by atomic mass is 9.95. The Morgan fingerprint density at radius 3 is 2.46 bits per heavy atom. The molecular weight excluding hydrogens is 377 g/mol. The quantitative estimate of drug-likeness (QED) is 0.575. The molecule has 28 heavy (non-hydrogen) atoms. The summed E-state index contributed by atoms with van der Waals surface area (Å²) in [6.07, 6.45) is 3.11. The summed E-state index contributed by atoms with van der Waals surface area (Å²) in [5.41, 5.74) is 2.27. The zero-order chi connectivity index (χ0) is 20.4. The average molecular weight is 404 g/mol. The van der Waals surface area contributed by atoms with Crippen molar-refractivity contribution >= 4 is 15.8 Å². The van der Waals surface area contributed by atoms with Crippen LogP contribution in [0.3, 0.4) is 0 Å². The molecule has 1 aliphatic carbocycles. The van der Waals surface area contributed by atoms with Gasteiger partial charge in [0.2, 0.25) is 0 Å². The van der Waals surface area contributed by atoms with E-state index in [1.54, 1.807) is 32.2 Å². The fraction of sp³-hybridized carbons (Fsp3) is 0.381. The predicted octanol–water partition coefficient (Wildman–Crippen LogP) is 2.93. The lowest BCUT2D eigenvalue weighted by Crippen LogP contribution is -2.41. The van der Waals surface area contributed by atoms with E-state index < -0.39 is 9.84 Å². The first-order chi connectivity index (χ1) is 13.2. The summed E-state index contributed by atoms with van der Waals surface area (Å²) in [7, 11) is -1.53. The summed E-state index contributed by atoms with van der Waals surface area (Å²) in [6.45, 7) is 2.91. The van der Waals surface area contributed by atoms with Crippen LogP contribution in [0.4, 0.5) is 4.39 Å². The van der Waals surface area contributed by atoms with Gasteiger partial charge in [0, 0.05) is 31.8 Å². The molecule has 7 heteroatoms. The van der Waals surface area contributed by atoms with E-state index in [1.165, 1.54) is 12.3 Å². The first-order valence-electron chi connectivity index (χ1n) is 9.24. The summed E-state index contributed by atoms with van der Waals surface area (Å²) >= 11 is 0. The second kappa shape index (κ2) is 7.91. The van der Waals surface area contributed by atoms with E-state index in [0.29, 0.717) is 23.9 Å². The van der Waals surface area contributed by atoms with Crippen molar-refractivity contribution in [3.05, 3.63) is 65.0 Å². The molecule has 0 bridgehead atoms. The minimum Gasteiger partial charge on any atom is -0.356 e. The molecule has 0 aliphatic heterocycles. The Balaban J connectivity index is 1.60. The summed E-state index contributed by atoms with van der Waals surface area (Å²) in [5.74, 6) is 0.471. The molecule has 2 N–H and O–H groups in total. The van der Waals surface area contributed by atoms with Crippen LogP contribution in [-0.4, -0.2) is 34.2 Å². The number of guanidine groups is 1. The number of benzene rings is 2. The van der Waals surface area contributed by atoms with Crippen LogP contribution in [-0.2, 0) is 21.8 Å². The van der Waals surface area contributed by atoms with Crippen molar-refractivity contribution in [1.29, 1.82) is 0 Å². The molecule has 0 unspecified atom stereocenters. The van der Waals surface area contributed by atoms with Crippen molar-refractivity contribution in [2.24, 2.45) is 4.99 Å². The van der Waals surface area contributed by atoms with Crippen molar-refractivity contribution in [3.8, 4) is 0 Å². The molecule has 3 rings (SSSR count). The van der Waals surface area contributed by atoms with Gasteiger partial charge < -0.3 is 10.6 Å². The molecule has 0 saturated heterocycles. The summed E-state index contributed by atoms with van der Waals surface area (Å²) in [5, 5.41) is 6.53. The highest BCUT2D eigenvalue weighted by Crippen LogP contribution is 2.48. The molecule has 150 valence electrons. The Morgan fingerprint density at radius 1 is 1.18 bits per heavy atom. The largest absolute Gasteiger partial charge is 0.356 e. The van der Waals surface area contributed by atoms with Gasteiger partial charge in [0.25, 0.3) is 0 Å². The van der Waals surface area contributed by atoms with Crippen LogP contribution in [0.1, 0.15) is 29.5 Å². The average Bonchev–Trinajstić information content (AvgIpc) is 3.42. The zero-order valence-electron chi connectivity index (χ0n) is 16.4. The highest BCUT2D eigenvalue weighted by Gasteiger charge is 2.45. The van der Waals surface area contributed by atoms with Gasteiger partial charge in [-0.05, 0) is 48.6 Å². The van der Waals surface area contributed by atoms with Gasteiger partial charge in [0.05, 0.1) is 4.90 Å². The smallest absolute Gasteiger partial charge is 0.191 e. The number of nitrogens with one attached hydrogen (secondary N) is 2. The summed E-state index contributed by atoms with van der Waals surface area (Å²) < 4.78 is 37.6. The minimum absolute atomic E-state index is 0.161. The topological polar surface area (TPSA) is 70.6 Å². The molecule has 0 heterocycles. The van der Waals surface area contributed by atoms with Gasteiger partial charge in [-0.3, -0.25) is 4.99 Å². The van der Waals surface area contributed by atoms with E-state index in [0.717, 1.165) is 29.5 Å². The maximum absolute atomic E-state index is 14.1. The van der Waals surface area contributed by atoms with E-state index >= 15 is 0 Å². The maximum Gasteiger partial charge on any atom is 0.191 e. The number of hydrogen-bond acceptors (Lipinski definition) is 3. The van der Waals surface area contributed by atoms with E-state index in [4.69, 9.17) is 0 Å². The number of nitrogens with zero attached hydrogens (tertiary/aromatic N) is 1. The number of sulfone groups is 1. The minimum atomic E-state index is -3.22. The summed E-state index contributed by atoms with van der Waals surface area (Å²) in [4.78, 5) is 4.58. The Morgan fingerprint density at radius 2 is 1.89 bits per heavy atom. The lowest BCUT2D eigenvalue weighted by molar-refractivity contribution is 0.559. The van der Waals surface area contributed by atoms with Crippen LogP contribution < -0.4 is 10.6 Å². The van der Waals surface area contributed by atoms with Gasteiger partial charge in [0.15, 0.2) is 15.8 Å². The maximum atomic E-state index is 14.1. The van der Waals surface area contributed by atoms with E-state index in [1.807, 2.05) is 18.2 Å². The van der Waals surface area contributed by atoms with Crippen molar-refractivity contribution in [2.45, 2.75) is 36.6 Å². The second-order valence-electron chi connectivity index (χ2n) is 7.41. The van der Waals surface area contributed by atoms with Gasteiger partial charge >= 0.3 is 0 Å². The third kappa shape index (κ3) is 4.52. The molecule has 0 amide bonds. The van der Waals surface area contributed by atoms with Crippen LogP contribution in [0.5, 0.6) is 0 Å². The molecule has 0 spiro atoms. The zero-order valence-corrected chi connectivity index (χ0v) is 17.2. The van der Waals surface area contributed by atoms with E-state index in [9.17, 15) is 12.8 Å². The van der Waals surface area contributed by atoms with Gasteiger partial charge in [-0.25, -0.2) is 12.8 Å². The molecule has 5 nitrogen and oxygen atoms in total. The number of aliphatic imine (C=N–C) groups is 1. The fourth-order valence-corrected chi connectivity index (χ4v) is 4.44. The van der Waals surface area contributed by atoms with Crippen LogP contribution in [0.15, 0.2) is 52.4 Å². The summed E-state index contributed by atoms with van der Waals surface area (Å²) in [6, 6.07) is 12.2. The SMILES string of the molecule is CN=C(NCc1ccc(S(C)(=O)=O)c(C)c1)NCC1(c2ccccc2F)CC1. The first kappa shape index (κ1) is 20.3. The molecular formula is C21H26FN3O2S. The van der Waals surface area contributed by atoms with Crippen LogP contribution in [0.2, 0.25) is 0 Å². The van der Waals surface area contributed by atoms with Gasteiger partial charge in [-0.15, -0.1) is 0 Å². The molecule has 1 fully saturated rings. The molecule has 0 radical (unpaired) electrons. The van der Waals surface area contributed by atoms with Crippen molar-refractivity contribution < 1.29 is 12.8 Å². The third-order valence-corrected chi connectivity index (χ3v) is 6.47. The molecule has 0 aromatic heterocycles. The number of rotatable bonds is 6. The van der Waals surface area contributed by atoms with Gasteiger partial charge in [-0.1, -0.05) is 30.3 Å². The number of hydrogen-bond donors (Lipinski definition) is 2. The lowest BCUT2D eigenvalue weighted by Gasteiger charge is -2.19. The van der Waals surface area contributed by atoms with Crippen LogP contribution in [0, 0.1) is 12.7 Å². The molecule has 1 saturated carbocycles. The van der Waals surface area contributed by atoms with E-state index in [2.05, 4.69) is 15.6 Å². The first-order valence-corrected chi connectivity index (χ1v) is 11.1. The molecule has 0 atom stereocenters. The van der Waals surface area contributed by atoms with Gasteiger partial charge in [0.1, 0.15) is 5.82 Å². The Hall–Kier alpha value is -2.41. The molecule has 2 aromatic rings. The highest BCUT2D eigenvalue weighted by atomic mass is 32.2. The Labute approximate surface area is 166 Å². The molecule has 2 aromatic carbocycles. The number of halogens is 1.